The quantitative estimate of drug-likeness (QED) is 0.732. The molecule has 7 heteroatoms. The van der Waals surface area contributed by atoms with Gasteiger partial charge in [-0.1, -0.05) is 44.2 Å². The third-order valence-corrected chi connectivity index (χ3v) is 5.59. The molecule has 144 valence electrons. The fourth-order valence-corrected chi connectivity index (χ4v) is 4.29. The van der Waals surface area contributed by atoms with Gasteiger partial charge in [0.2, 0.25) is 0 Å². The minimum absolute atomic E-state index is 0.193. The lowest BCUT2D eigenvalue weighted by Gasteiger charge is -2.30. The number of carbonyl (C=O) groups is 2. The second kappa shape index (κ2) is 8.19. The lowest BCUT2D eigenvalue weighted by molar-refractivity contribution is -0.148. The second-order valence-corrected chi connectivity index (χ2v) is 8.06. The number of hydrogen-bond donors (Lipinski definition) is 1. The Morgan fingerprint density at radius 3 is 2.67 bits per heavy atom. The molecule has 0 aliphatic carbocycles. The summed E-state index contributed by atoms with van der Waals surface area (Å²) >= 11 is 1.52. The predicted octanol–water partition coefficient (Wildman–Crippen LogP) is 3.43. The van der Waals surface area contributed by atoms with Gasteiger partial charge < -0.3 is 9.84 Å². The lowest BCUT2D eigenvalue weighted by Crippen LogP contribution is -2.50. The number of rotatable bonds is 7. The number of carbonyl (C=O) groups excluding carboxylic acids is 1. The maximum atomic E-state index is 12.4. The molecule has 27 heavy (non-hydrogen) atoms. The molecule has 0 bridgehead atoms. The summed E-state index contributed by atoms with van der Waals surface area (Å²) < 4.78 is 5.36. The van der Waals surface area contributed by atoms with E-state index in [9.17, 15) is 14.7 Å². The maximum Gasteiger partial charge on any atom is 0.325 e. The van der Waals surface area contributed by atoms with Crippen LogP contribution in [0.5, 0.6) is 0 Å². The summed E-state index contributed by atoms with van der Waals surface area (Å²) in [5, 5.41) is 12.5. The number of thiazole rings is 1. The summed E-state index contributed by atoms with van der Waals surface area (Å²) in [5.41, 5.74) is 1.80. The van der Waals surface area contributed by atoms with E-state index in [0.29, 0.717) is 12.8 Å². The van der Waals surface area contributed by atoms with Crippen molar-refractivity contribution in [3.8, 4) is 10.6 Å². The number of carboxylic acids is 1. The first kappa shape index (κ1) is 19.5. The van der Waals surface area contributed by atoms with E-state index < -0.39 is 24.3 Å². The highest BCUT2D eigenvalue weighted by Gasteiger charge is 2.46. The van der Waals surface area contributed by atoms with E-state index in [0.717, 1.165) is 16.3 Å². The molecule has 1 fully saturated rings. The third-order valence-electron chi connectivity index (χ3n) is 4.65. The molecule has 2 unspecified atom stereocenters. The van der Waals surface area contributed by atoms with Crippen LogP contribution in [0.2, 0.25) is 0 Å². The van der Waals surface area contributed by atoms with Gasteiger partial charge in [0.05, 0.1) is 5.69 Å². The Bertz CT molecular complexity index is 805. The Hall–Kier alpha value is -2.25. The van der Waals surface area contributed by atoms with Crippen LogP contribution in [0.3, 0.4) is 0 Å². The van der Waals surface area contributed by atoms with Gasteiger partial charge in [0.25, 0.3) is 0 Å². The number of carboxylic acid groups (broad SMARTS) is 1. The highest BCUT2D eigenvalue weighted by Crippen LogP contribution is 2.29. The fraction of sp³-hybridized carbons (Fsp3) is 0.450. The smallest absolute Gasteiger partial charge is 0.325 e. The summed E-state index contributed by atoms with van der Waals surface area (Å²) in [6, 6.07) is 8.45. The van der Waals surface area contributed by atoms with Crippen LogP contribution >= 0.6 is 11.3 Å². The Kier molecular flexibility index (Phi) is 5.92. The summed E-state index contributed by atoms with van der Waals surface area (Å²) in [6.07, 6.45) is 0.239. The molecule has 1 aromatic heterocycles. The Labute approximate surface area is 162 Å². The molecular formula is C20H24N2O4S. The zero-order chi connectivity index (χ0) is 19.6. The van der Waals surface area contributed by atoms with Crippen LogP contribution in [-0.4, -0.2) is 45.2 Å². The van der Waals surface area contributed by atoms with E-state index in [1.807, 2.05) is 49.6 Å². The van der Waals surface area contributed by atoms with Crippen molar-refractivity contribution in [2.75, 3.05) is 0 Å². The van der Waals surface area contributed by atoms with Crippen LogP contribution in [0.4, 0.5) is 0 Å². The number of nitrogens with zero attached hydrogens (tertiary/aromatic N) is 2. The first-order valence-corrected chi connectivity index (χ1v) is 9.95. The SMILES string of the molecule is CC(C)C[C@@H](C(=O)O)N1C(C)OC(=O)C1Cc1csc(-c2ccccc2)n1. The molecule has 1 saturated heterocycles. The normalized spacial score (nSPS) is 21.4. The second-order valence-electron chi connectivity index (χ2n) is 7.20. The largest absolute Gasteiger partial charge is 0.480 e. The number of benzene rings is 1. The average Bonchev–Trinajstić information content (AvgIpc) is 3.19. The van der Waals surface area contributed by atoms with Gasteiger partial charge in [0, 0.05) is 17.4 Å². The monoisotopic (exact) mass is 388 g/mol. The van der Waals surface area contributed by atoms with Gasteiger partial charge in [-0.25, -0.2) is 9.88 Å². The average molecular weight is 388 g/mol. The molecule has 3 rings (SSSR count). The molecule has 0 radical (unpaired) electrons. The van der Waals surface area contributed by atoms with Crippen molar-refractivity contribution < 1.29 is 19.4 Å². The van der Waals surface area contributed by atoms with E-state index in [4.69, 9.17) is 4.74 Å². The van der Waals surface area contributed by atoms with Crippen LogP contribution in [-0.2, 0) is 20.7 Å². The van der Waals surface area contributed by atoms with Gasteiger partial charge in [-0.3, -0.25) is 9.59 Å². The van der Waals surface area contributed by atoms with E-state index >= 15 is 0 Å². The lowest BCUT2D eigenvalue weighted by atomic mass is 10.00. The Balaban J connectivity index is 1.82. The van der Waals surface area contributed by atoms with Gasteiger partial charge in [-0.2, -0.15) is 0 Å². The number of cyclic esters (lactones) is 1. The van der Waals surface area contributed by atoms with Gasteiger partial charge in [-0.15, -0.1) is 11.3 Å². The highest BCUT2D eigenvalue weighted by molar-refractivity contribution is 7.13. The van der Waals surface area contributed by atoms with E-state index in [2.05, 4.69) is 4.98 Å². The first-order valence-electron chi connectivity index (χ1n) is 9.07. The van der Waals surface area contributed by atoms with Crippen molar-refractivity contribution in [3.05, 3.63) is 41.4 Å². The van der Waals surface area contributed by atoms with Crippen molar-refractivity contribution in [1.82, 2.24) is 9.88 Å². The molecule has 0 amide bonds. The minimum atomic E-state index is -0.929. The van der Waals surface area contributed by atoms with Gasteiger partial charge >= 0.3 is 11.9 Å². The van der Waals surface area contributed by atoms with Crippen LogP contribution in [0.1, 0.15) is 32.9 Å². The molecule has 2 aromatic rings. The summed E-state index contributed by atoms with van der Waals surface area (Å²) in [7, 11) is 0. The molecule has 0 saturated carbocycles. The van der Waals surface area contributed by atoms with Crippen molar-refractivity contribution in [2.24, 2.45) is 5.92 Å². The number of hydrogen-bond acceptors (Lipinski definition) is 6. The first-order chi connectivity index (χ1) is 12.9. The fourth-order valence-electron chi connectivity index (χ4n) is 3.45. The molecule has 1 N–H and O–H groups in total. The minimum Gasteiger partial charge on any atom is -0.480 e. The highest BCUT2D eigenvalue weighted by atomic mass is 32.1. The summed E-state index contributed by atoms with van der Waals surface area (Å²) in [4.78, 5) is 30.6. The molecule has 6 nitrogen and oxygen atoms in total. The zero-order valence-electron chi connectivity index (χ0n) is 15.7. The molecular weight excluding hydrogens is 364 g/mol. The number of aromatic nitrogens is 1. The summed E-state index contributed by atoms with van der Waals surface area (Å²) in [6.45, 7) is 5.67. The van der Waals surface area contributed by atoms with Gasteiger partial charge in [0.15, 0.2) is 6.23 Å². The molecule has 2 heterocycles. The van der Waals surface area contributed by atoms with Crippen molar-refractivity contribution in [2.45, 2.75) is 51.9 Å². The van der Waals surface area contributed by atoms with E-state index in [1.165, 1.54) is 11.3 Å². The molecule has 1 aliphatic rings. The molecule has 3 atom stereocenters. The topological polar surface area (TPSA) is 79.7 Å². The van der Waals surface area contributed by atoms with E-state index in [1.54, 1.807) is 11.8 Å². The number of ether oxygens (including phenoxy) is 1. The predicted molar refractivity (Wildman–Crippen MR) is 103 cm³/mol. The van der Waals surface area contributed by atoms with Gasteiger partial charge in [-0.05, 0) is 19.3 Å². The van der Waals surface area contributed by atoms with Crippen molar-refractivity contribution in [3.63, 3.8) is 0 Å². The van der Waals surface area contributed by atoms with Crippen LogP contribution < -0.4 is 0 Å². The summed E-state index contributed by atoms with van der Waals surface area (Å²) in [5.74, 6) is -1.12. The maximum absolute atomic E-state index is 12.4. The molecule has 1 aliphatic heterocycles. The van der Waals surface area contributed by atoms with Crippen LogP contribution in [0, 0.1) is 5.92 Å². The molecule has 0 spiro atoms. The third kappa shape index (κ3) is 4.36. The number of aliphatic carboxylic acids is 1. The van der Waals surface area contributed by atoms with Gasteiger partial charge in [0.1, 0.15) is 17.1 Å². The Morgan fingerprint density at radius 1 is 1.33 bits per heavy atom. The van der Waals surface area contributed by atoms with Crippen LogP contribution in [0.15, 0.2) is 35.7 Å². The van der Waals surface area contributed by atoms with Crippen LogP contribution in [0.25, 0.3) is 10.6 Å². The Morgan fingerprint density at radius 2 is 2.04 bits per heavy atom. The standard InChI is InChI=1S/C20H24N2O4S/c1-12(2)9-16(19(23)24)22-13(3)26-20(25)17(22)10-15-11-27-18(21-15)14-7-5-4-6-8-14/h4-8,11-13,16-17H,9-10H2,1-3H3,(H,23,24)/t13?,16-,17?/m0/s1. The molecule has 1 aromatic carbocycles. The van der Waals surface area contributed by atoms with Crippen molar-refractivity contribution in [1.29, 1.82) is 0 Å². The number of esters is 1. The zero-order valence-corrected chi connectivity index (χ0v) is 16.5. The van der Waals surface area contributed by atoms with Crippen molar-refractivity contribution >= 4 is 23.3 Å². The van der Waals surface area contributed by atoms with E-state index in [-0.39, 0.29) is 11.9 Å².